The van der Waals surface area contributed by atoms with Gasteiger partial charge in [0.2, 0.25) is 0 Å². The van der Waals surface area contributed by atoms with Crippen LogP contribution in [0.1, 0.15) is 28.9 Å². The summed E-state index contributed by atoms with van der Waals surface area (Å²) in [4.78, 5) is 14.1. The molecule has 0 saturated carbocycles. The Bertz CT molecular complexity index is 486. The quantitative estimate of drug-likeness (QED) is 0.867. The molecular formula is C10H7BrF2N2O2. The Morgan fingerprint density at radius 3 is 2.65 bits per heavy atom. The van der Waals surface area contributed by atoms with Gasteiger partial charge >= 0.3 is 5.97 Å². The fourth-order valence-corrected chi connectivity index (χ4v) is 1.74. The standard InChI is InChI=1S/C10H7BrF2N2O2/c11-3-6-1-5(2-8(16)17)9(10(12)13)15-7(6)4-14/h1,10H,2-3H2,(H,16,17). The number of hydrogen-bond acceptors (Lipinski definition) is 3. The van der Waals surface area contributed by atoms with E-state index in [-0.39, 0.29) is 16.6 Å². The molecule has 4 nitrogen and oxygen atoms in total. The number of nitriles is 1. The summed E-state index contributed by atoms with van der Waals surface area (Å²) in [5.74, 6) is -1.22. The molecule has 1 heterocycles. The molecule has 0 amide bonds. The van der Waals surface area contributed by atoms with Crippen molar-refractivity contribution in [2.24, 2.45) is 0 Å². The lowest BCUT2D eigenvalue weighted by atomic mass is 10.1. The van der Waals surface area contributed by atoms with Gasteiger partial charge in [-0.3, -0.25) is 4.79 Å². The van der Waals surface area contributed by atoms with Crippen molar-refractivity contribution in [3.05, 3.63) is 28.6 Å². The number of aromatic nitrogens is 1. The molecule has 1 aromatic rings. The van der Waals surface area contributed by atoms with Crippen LogP contribution < -0.4 is 0 Å². The predicted octanol–water partition coefficient (Wildman–Crippen LogP) is 2.41. The van der Waals surface area contributed by atoms with Crippen LogP contribution >= 0.6 is 15.9 Å². The Morgan fingerprint density at radius 2 is 2.24 bits per heavy atom. The zero-order valence-corrected chi connectivity index (χ0v) is 10.0. The van der Waals surface area contributed by atoms with Gasteiger partial charge in [-0.25, -0.2) is 13.8 Å². The SMILES string of the molecule is N#Cc1nc(C(F)F)c(CC(=O)O)cc1CBr. The lowest BCUT2D eigenvalue weighted by Gasteiger charge is -2.09. The van der Waals surface area contributed by atoms with Gasteiger partial charge in [-0.2, -0.15) is 5.26 Å². The third-order valence-electron chi connectivity index (χ3n) is 2.01. The van der Waals surface area contributed by atoms with E-state index < -0.39 is 24.5 Å². The van der Waals surface area contributed by atoms with Gasteiger partial charge in [-0.1, -0.05) is 15.9 Å². The Balaban J connectivity index is 3.36. The van der Waals surface area contributed by atoms with Gasteiger partial charge in [0.05, 0.1) is 6.42 Å². The molecule has 1 aromatic heterocycles. The van der Waals surface area contributed by atoms with Gasteiger partial charge in [0.15, 0.2) is 0 Å². The number of nitrogens with zero attached hydrogens (tertiary/aromatic N) is 2. The molecule has 1 N–H and O–H groups in total. The molecule has 0 aliphatic rings. The summed E-state index contributed by atoms with van der Waals surface area (Å²) in [6.45, 7) is 0. The van der Waals surface area contributed by atoms with Crippen molar-refractivity contribution in [2.75, 3.05) is 0 Å². The van der Waals surface area contributed by atoms with E-state index in [0.717, 1.165) is 0 Å². The number of aliphatic carboxylic acids is 1. The molecule has 17 heavy (non-hydrogen) atoms. The van der Waals surface area contributed by atoms with Crippen LogP contribution in [0.15, 0.2) is 6.07 Å². The first-order valence-corrected chi connectivity index (χ1v) is 5.60. The highest BCUT2D eigenvalue weighted by Crippen LogP contribution is 2.24. The number of carboxylic acid groups (broad SMARTS) is 1. The summed E-state index contributed by atoms with van der Waals surface area (Å²) in [6.07, 6.45) is -3.45. The molecule has 0 aliphatic carbocycles. The van der Waals surface area contributed by atoms with Crippen molar-refractivity contribution in [2.45, 2.75) is 18.2 Å². The van der Waals surface area contributed by atoms with Crippen LogP contribution in [0.25, 0.3) is 0 Å². The Hall–Kier alpha value is -1.55. The molecule has 0 saturated heterocycles. The molecular weight excluding hydrogens is 298 g/mol. The minimum atomic E-state index is -2.90. The molecule has 0 aromatic carbocycles. The third kappa shape index (κ3) is 3.20. The van der Waals surface area contributed by atoms with Gasteiger partial charge in [-0.15, -0.1) is 0 Å². The minimum absolute atomic E-state index is 0.0686. The van der Waals surface area contributed by atoms with E-state index in [4.69, 9.17) is 10.4 Å². The van der Waals surface area contributed by atoms with Crippen LogP contribution in [0.3, 0.4) is 0 Å². The van der Waals surface area contributed by atoms with Gasteiger partial charge in [0.1, 0.15) is 17.5 Å². The molecule has 0 aliphatic heterocycles. The summed E-state index contributed by atoms with van der Waals surface area (Å²) in [5, 5.41) is 17.6. The average Bonchev–Trinajstić information content (AvgIpc) is 2.27. The highest BCUT2D eigenvalue weighted by molar-refractivity contribution is 9.08. The minimum Gasteiger partial charge on any atom is -0.481 e. The molecule has 0 atom stereocenters. The van der Waals surface area contributed by atoms with Crippen molar-refractivity contribution in [1.82, 2.24) is 4.98 Å². The van der Waals surface area contributed by atoms with Crippen LogP contribution in [0.2, 0.25) is 0 Å². The van der Waals surface area contributed by atoms with Gasteiger partial charge < -0.3 is 5.11 Å². The number of carboxylic acids is 1. The summed E-state index contributed by atoms with van der Waals surface area (Å²) in [6, 6.07) is 2.97. The van der Waals surface area contributed by atoms with E-state index in [0.29, 0.717) is 5.56 Å². The fraction of sp³-hybridized carbons (Fsp3) is 0.300. The average molecular weight is 305 g/mol. The van der Waals surface area contributed by atoms with Crippen LogP contribution in [-0.4, -0.2) is 16.1 Å². The van der Waals surface area contributed by atoms with E-state index >= 15 is 0 Å². The van der Waals surface area contributed by atoms with Gasteiger partial charge in [-0.05, 0) is 17.2 Å². The lowest BCUT2D eigenvalue weighted by Crippen LogP contribution is -2.08. The maximum atomic E-state index is 12.7. The zero-order valence-electron chi connectivity index (χ0n) is 8.45. The van der Waals surface area contributed by atoms with Crippen LogP contribution in [-0.2, 0) is 16.5 Å². The second kappa shape index (κ2) is 5.68. The topological polar surface area (TPSA) is 74.0 Å². The zero-order chi connectivity index (χ0) is 13.0. The van der Waals surface area contributed by atoms with E-state index in [1.54, 1.807) is 6.07 Å². The monoisotopic (exact) mass is 304 g/mol. The van der Waals surface area contributed by atoms with Gasteiger partial charge in [0, 0.05) is 5.33 Å². The predicted molar refractivity (Wildman–Crippen MR) is 57.9 cm³/mol. The van der Waals surface area contributed by atoms with Crippen molar-refractivity contribution in [3.63, 3.8) is 0 Å². The maximum absolute atomic E-state index is 12.7. The van der Waals surface area contributed by atoms with Crippen LogP contribution in [0, 0.1) is 11.3 Å². The Kier molecular flexibility index (Phi) is 4.52. The fourth-order valence-electron chi connectivity index (χ4n) is 1.31. The van der Waals surface area contributed by atoms with Crippen LogP contribution in [0.5, 0.6) is 0 Å². The molecule has 1 rings (SSSR count). The van der Waals surface area contributed by atoms with Crippen molar-refractivity contribution < 1.29 is 18.7 Å². The number of rotatable bonds is 4. The molecule has 7 heteroatoms. The van der Waals surface area contributed by atoms with E-state index in [2.05, 4.69) is 20.9 Å². The van der Waals surface area contributed by atoms with E-state index in [9.17, 15) is 13.6 Å². The summed E-state index contributed by atoms with van der Waals surface area (Å²) >= 11 is 3.09. The summed E-state index contributed by atoms with van der Waals surface area (Å²) < 4.78 is 25.3. The number of carbonyl (C=O) groups is 1. The molecule has 0 bridgehead atoms. The van der Waals surface area contributed by atoms with Crippen molar-refractivity contribution in [1.29, 1.82) is 5.26 Å². The highest BCUT2D eigenvalue weighted by Gasteiger charge is 2.20. The molecule has 0 radical (unpaired) electrons. The van der Waals surface area contributed by atoms with Crippen LogP contribution in [0.4, 0.5) is 8.78 Å². The molecule has 90 valence electrons. The number of pyridine rings is 1. The first-order valence-electron chi connectivity index (χ1n) is 4.48. The third-order valence-corrected chi connectivity index (χ3v) is 2.62. The summed E-state index contributed by atoms with van der Waals surface area (Å²) in [7, 11) is 0. The number of halogens is 3. The normalized spacial score (nSPS) is 10.3. The molecule has 0 spiro atoms. The first-order chi connectivity index (χ1) is 7.99. The van der Waals surface area contributed by atoms with Crippen molar-refractivity contribution in [3.8, 4) is 6.07 Å². The largest absolute Gasteiger partial charge is 0.481 e. The smallest absolute Gasteiger partial charge is 0.307 e. The second-order valence-electron chi connectivity index (χ2n) is 3.16. The van der Waals surface area contributed by atoms with E-state index in [1.165, 1.54) is 6.07 Å². The second-order valence-corrected chi connectivity index (χ2v) is 3.72. The summed E-state index contributed by atoms with van der Waals surface area (Å²) in [5.41, 5.74) is -0.436. The Morgan fingerprint density at radius 1 is 1.59 bits per heavy atom. The van der Waals surface area contributed by atoms with Gasteiger partial charge in [0.25, 0.3) is 6.43 Å². The Labute approximate surface area is 104 Å². The first kappa shape index (κ1) is 13.5. The number of hydrogen-bond donors (Lipinski definition) is 1. The lowest BCUT2D eigenvalue weighted by molar-refractivity contribution is -0.136. The number of alkyl halides is 3. The highest BCUT2D eigenvalue weighted by atomic mass is 79.9. The van der Waals surface area contributed by atoms with Crippen molar-refractivity contribution >= 4 is 21.9 Å². The molecule has 0 fully saturated rings. The maximum Gasteiger partial charge on any atom is 0.307 e. The van der Waals surface area contributed by atoms with E-state index in [1.807, 2.05) is 0 Å². The molecule has 0 unspecified atom stereocenters.